The van der Waals surface area contributed by atoms with Crippen molar-refractivity contribution in [3.8, 4) is 0 Å². The molecule has 1 aromatic heterocycles. The van der Waals surface area contributed by atoms with Crippen LogP contribution in [0.2, 0.25) is 5.02 Å². The third-order valence-electron chi connectivity index (χ3n) is 2.82. The standard InChI is InChI=1S/C13H10ClN3OS/c14-10-3-1-9(2-4-10)13-17(12(18)8-19-13)11-7-15-5-6-16-11/h1-7,13H,8H2/t13-/m1/s1. The summed E-state index contributed by atoms with van der Waals surface area (Å²) in [6.45, 7) is 0. The lowest BCUT2D eigenvalue weighted by Crippen LogP contribution is -2.28. The van der Waals surface area contributed by atoms with E-state index in [1.54, 1.807) is 35.3 Å². The van der Waals surface area contributed by atoms with E-state index >= 15 is 0 Å². The minimum Gasteiger partial charge on any atom is -0.278 e. The lowest BCUT2D eigenvalue weighted by atomic mass is 10.2. The van der Waals surface area contributed by atoms with Gasteiger partial charge in [-0.3, -0.25) is 14.7 Å². The van der Waals surface area contributed by atoms with Gasteiger partial charge in [-0.05, 0) is 17.7 Å². The second kappa shape index (κ2) is 5.19. The average Bonchev–Trinajstić information content (AvgIpc) is 2.82. The summed E-state index contributed by atoms with van der Waals surface area (Å²) in [4.78, 5) is 21.9. The quantitative estimate of drug-likeness (QED) is 0.853. The number of hydrogen-bond donors (Lipinski definition) is 0. The SMILES string of the molecule is O=C1CS[C@H](c2ccc(Cl)cc2)N1c1cnccn1. The Hall–Kier alpha value is -1.59. The van der Waals surface area contributed by atoms with Crippen molar-refractivity contribution >= 4 is 35.1 Å². The first kappa shape index (κ1) is 12.4. The number of anilines is 1. The Morgan fingerprint density at radius 2 is 2.05 bits per heavy atom. The topological polar surface area (TPSA) is 46.1 Å². The molecule has 6 heteroatoms. The molecule has 1 atom stereocenters. The Kier molecular flexibility index (Phi) is 3.40. The van der Waals surface area contributed by atoms with Gasteiger partial charge in [0.15, 0.2) is 5.82 Å². The Morgan fingerprint density at radius 1 is 1.26 bits per heavy atom. The van der Waals surface area contributed by atoms with Gasteiger partial charge in [-0.2, -0.15) is 0 Å². The van der Waals surface area contributed by atoms with Crippen LogP contribution >= 0.6 is 23.4 Å². The van der Waals surface area contributed by atoms with Crippen molar-refractivity contribution < 1.29 is 4.79 Å². The molecule has 2 aromatic rings. The average molecular weight is 292 g/mol. The highest BCUT2D eigenvalue weighted by atomic mass is 35.5. The fourth-order valence-electron chi connectivity index (χ4n) is 1.96. The van der Waals surface area contributed by atoms with Gasteiger partial charge in [0.25, 0.3) is 0 Å². The number of nitrogens with zero attached hydrogens (tertiary/aromatic N) is 3. The number of aromatic nitrogens is 2. The zero-order valence-electron chi connectivity index (χ0n) is 9.86. The van der Waals surface area contributed by atoms with Crippen LogP contribution in [-0.2, 0) is 4.79 Å². The van der Waals surface area contributed by atoms with Gasteiger partial charge in [0, 0.05) is 17.4 Å². The first-order valence-electron chi connectivity index (χ1n) is 5.71. The summed E-state index contributed by atoms with van der Waals surface area (Å²) in [7, 11) is 0. The summed E-state index contributed by atoms with van der Waals surface area (Å²) < 4.78 is 0. The lowest BCUT2D eigenvalue weighted by molar-refractivity contribution is -0.115. The summed E-state index contributed by atoms with van der Waals surface area (Å²) >= 11 is 7.47. The monoisotopic (exact) mass is 291 g/mol. The third-order valence-corrected chi connectivity index (χ3v) is 4.28. The molecule has 1 aromatic carbocycles. The van der Waals surface area contributed by atoms with E-state index in [4.69, 9.17) is 11.6 Å². The summed E-state index contributed by atoms with van der Waals surface area (Å²) in [6, 6.07) is 7.52. The van der Waals surface area contributed by atoms with Crippen LogP contribution in [0.3, 0.4) is 0 Å². The van der Waals surface area contributed by atoms with E-state index in [-0.39, 0.29) is 11.3 Å². The van der Waals surface area contributed by atoms with Gasteiger partial charge in [0.05, 0.1) is 11.9 Å². The van der Waals surface area contributed by atoms with Crippen LogP contribution in [0.4, 0.5) is 5.82 Å². The molecule has 19 heavy (non-hydrogen) atoms. The van der Waals surface area contributed by atoms with Crippen molar-refractivity contribution in [2.24, 2.45) is 0 Å². The molecule has 0 saturated carbocycles. The van der Waals surface area contributed by atoms with E-state index in [9.17, 15) is 4.79 Å². The van der Waals surface area contributed by atoms with Gasteiger partial charge in [-0.25, -0.2) is 4.98 Å². The first-order chi connectivity index (χ1) is 9.25. The van der Waals surface area contributed by atoms with Crippen molar-refractivity contribution in [2.75, 3.05) is 10.7 Å². The Morgan fingerprint density at radius 3 is 2.74 bits per heavy atom. The molecule has 0 spiro atoms. The Bertz CT molecular complexity index is 591. The summed E-state index contributed by atoms with van der Waals surface area (Å²) in [5.74, 6) is 1.08. The largest absolute Gasteiger partial charge is 0.278 e. The van der Waals surface area contributed by atoms with Gasteiger partial charge < -0.3 is 0 Å². The molecule has 4 nitrogen and oxygen atoms in total. The molecule has 0 radical (unpaired) electrons. The van der Waals surface area contributed by atoms with E-state index < -0.39 is 0 Å². The summed E-state index contributed by atoms with van der Waals surface area (Å²) in [6.07, 6.45) is 4.78. The van der Waals surface area contributed by atoms with E-state index in [1.807, 2.05) is 24.3 Å². The zero-order chi connectivity index (χ0) is 13.2. The van der Waals surface area contributed by atoms with Crippen LogP contribution in [0, 0.1) is 0 Å². The minimum atomic E-state index is -0.0681. The van der Waals surface area contributed by atoms with E-state index in [0.29, 0.717) is 16.6 Å². The number of carbonyl (C=O) groups excluding carboxylic acids is 1. The predicted molar refractivity (Wildman–Crippen MR) is 76.2 cm³/mol. The highest BCUT2D eigenvalue weighted by molar-refractivity contribution is 8.00. The van der Waals surface area contributed by atoms with Crippen molar-refractivity contribution in [2.45, 2.75) is 5.37 Å². The van der Waals surface area contributed by atoms with Crippen LogP contribution in [0.15, 0.2) is 42.9 Å². The van der Waals surface area contributed by atoms with Crippen LogP contribution in [0.25, 0.3) is 0 Å². The molecule has 0 unspecified atom stereocenters. The Labute approximate surface area is 119 Å². The number of amides is 1. The maximum absolute atomic E-state index is 12.0. The van der Waals surface area contributed by atoms with E-state index in [1.165, 1.54) is 0 Å². The molecule has 0 N–H and O–H groups in total. The lowest BCUT2D eigenvalue weighted by Gasteiger charge is -2.22. The molecule has 3 rings (SSSR count). The van der Waals surface area contributed by atoms with Crippen molar-refractivity contribution in [3.63, 3.8) is 0 Å². The van der Waals surface area contributed by atoms with Crippen LogP contribution in [-0.4, -0.2) is 21.6 Å². The number of carbonyl (C=O) groups is 1. The molecule has 1 saturated heterocycles. The second-order valence-corrected chi connectivity index (χ2v) is 5.55. The fourth-order valence-corrected chi connectivity index (χ4v) is 3.25. The van der Waals surface area contributed by atoms with Gasteiger partial charge in [-0.15, -0.1) is 11.8 Å². The second-order valence-electron chi connectivity index (χ2n) is 4.04. The number of thioether (sulfide) groups is 1. The van der Waals surface area contributed by atoms with Gasteiger partial charge in [0.1, 0.15) is 5.37 Å². The van der Waals surface area contributed by atoms with Crippen molar-refractivity contribution in [1.82, 2.24) is 9.97 Å². The number of halogens is 1. The van der Waals surface area contributed by atoms with Crippen molar-refractivity contribution in [1.29, 1.82) is 0 Å². The molecule has 1 aliphatic heterocycles. The maximum atomic E-state index is 12.0. The molecule has 96 valence electrons. The smallest absolute Gasteiger partial charge is 0.239 e. The molecule has 1 fully saturated rings. The molecule has 1 amide bonds. The van der Waals surface area contributed by atoms with Crippen LogP contribution < -0.4 is 4.90 Å². The van der Waals surface area contributed by atoms with Crippen LogP contribution in [0.5, 0.6) is 0 Å². The molecule has 2 heterocycles. The normalized spacial score (nSPS) is 18.9. The van der Waals surface area contributed by atoms with E-state index in [2.05, 4.69) is 9.97 Å². The number of hydrogen-bond acceptors (Lipinski definition) is 4. The van der Waals surface area contributed by atoms with Crippen LogP contribution in [0.1, 0.15) is 10.9 Å². The maximum Gasteiger partial charge on any atom is 0.239 e. The predicted octanol–water partition coefficient (Wildman–Crippen LogP) is 2.91. The number of benzene rings is 1. The summed E-state index contributed by atoms with van der Waals surface area (Å²) in [5.41, 5.74) is 1.03. The number of rotatable bonds is 2. The molecular formula is C13H10ClN3OS. The molecule has 1 aliphatic rings. The molecular weight excluding hydrogens is 282 g/mol. The van der Waals surface area contributed by atoms with Crippen molar-refractivity contribution in [3.05, 3.63) is 53.4 Å². The Balaban J connectivity index is 1.97. The molecule has 0 bridgehead atoms. The fraction of sp³-hybridized carbons (Fsp3) is 0.154. The zero-order valence-corrected chi connectivity index (χ0v) is 11.4. The highest BCUT2D eigenvalue weighted by Gasteiger charge is 2.34. The summed E-state index contributed by atoms with van der Waals surface area (Å²) in [5, 5.41) is 0.616. The van der Waals surface area contributed by atoms with Gasteiger partial charge >= 0.3 is 0 Å². The molecule has 0 aliphatic carbocycles. The van der Waals surface area contributed by atoms with Gasteiger partial charge in [-0.1, -0.05) is 23.7 Å². The minimum absolute atomic E-state index is 0.0467. The first-order valence-corrected chi connectivity index (χ1v) is 7.13. The third kappa shape index (κ3) is 2.43. The van der Waals surface area contributed by atoms with Gasteiger partial charge in [0.2, 0.25) is 5.91 Å². The highest BCUT2D eigenvalue weighted by Crippen LogP contribution is 2.40. The van der Waals surface area contributed by atoms with E-state index in [0.717, 1.165) is 5.56 Å².